The smallest absolute Gasteiger partial charge is 0.106 e. The first-order valence-corrected chi connectivity index (χ1v) is 7.06. The largest absolute Gasteiger partial charge is 0.389 e. The van der Waals surface area contributed by atoms with E-state index in [0.717, 1.165) is 40.7 Å². The molecule has 0 saturated carbocycles. The normalized spacial score (nSPS) is 17.5. The first kappa shape index (κ1) is 13.9. The molecule has 0 atom stereocenters. The Kier molecular flexibility index (Phi) is 4.48. The molecule has 1 aliphatic heterocycles. The van der Waals surface area contributed by atoms with Crippen LogP contribution in [0.1, 0.15) is 32.9 Å². The third-order valence-electron chi connectivity index (χ3n) is 2.99. The zero-order valence-corrected chi connectivity index (χ0v) is 12.4. The second-order valence-electron chi connectivity index (χ2n) is 5.02. The van der Waals surface area contributed by atoms with Crippen LogP contribution >= 0.6 is 11.6 Å². The maximum absolute atomic E-state index is 6.43. The molecule has 0 spiro atoms. The minimum atomic E-state index is 0.606. The number of H-pyrrole nitrogens is 1. The first-order chi connectivity index (χ1) is 9.13. The van der Waals surface area contributed by atoms with Crippen LogP contribution in [0.5, 0.6) is 0 Å². The Labute approximate surface area is 119 Å². The number of nitrogens with zero attached hydrogens (tertiary/aromatic N) is 1. The Morgan fingerprint density at radius 3 is 2.84 bits per heavy atom. The molecule has 2 N–H and O–H groups in total. The number of aromatic amines is 1. The lowest BCUT2D eigenvalue weighted by Gasteiger charge is -2.05. The maximum atomic E-state index is 6.43. The van der Waals surface area contributed by atoms with Gasteiger partial charge < -0.3 is 10.3 Å². The van der Waals surface area contributed by atoms with Gasteiger partial charge in [0.1, 0.15) is 5.71 Å². The number of aliphatic imine (C=N–C) groups is 1. The average Bonchev–Trinajstić information content (AvgIpc) is 2.97. The van der Waals surface area contributed by atoms with Gasteiger partial charge >= 0.3 is 0 Å². The van der Waals surface area contributed by atoms with Crippen LogP contribution in [0.3, 0.4) is 0 Å². The van der Waals surface area contributed by atoms with Crippen LogP contribution in [-0.4, -0.2) is 17.2 Å². The van der Waals surface area contributed by atoms with Gasteiger partial charge in [0.15, 0.2) is 0 Å². The number of hydrogen-bond acceptors (Lipinski definition) is 2. The summed E-state index contributed by atoms with van der Waals surface area (Å²) in [5, 5.41) is 4.06. The van der Waals surface area contributed by atoms with Crippen LogP contribution in [-0.2, 0) is 0 Å². The van der Waals surface area contributed by atoms with Crippen molar-refractivity contribution in [2.24, 2.45) is 10.9 Å². The third-order valence-corrected chi connectivity index (χ3v) is 3.39. The molecule has 0 aromatic carbocycles. The lowest BCUT2D eigenvalue weighted by molar-refractivity contribution is 0.609. The van der Waals surface area contributed by atoms with Gasteiger partial charge in [-0.2, -0.15) is 0 Å². The number of hydrogen-bond donors (Lipinski definition) is 2. The lowest BCUT2D eigenvalue weighted by Crippen LogP contribution is -2.13. The molecule has 0 bridgehead atoms. The summed E-state index contributed by atoms with van der Waals surface area (Å²) in [6.07, 6.45) is 4.73. The van der Waals surface area contributed by atoms with Crippen molar-refractivity contribution in [2.45, 2.75) is 27.2 Å². The summed E-state index contributed by atoms with van der Waals surface area (Å²) in [7, 11) is 0. The quantitative estimate of drug-likeness (QED) is 0.844. The van der Waals surface area contributed by atoms with Crippen LogP contribution in [0.2, 0.25) is 0 Å². The SMILES string of the molecule is CCC1=C(Cl)C(c2ccc[nH]2)=NC1=CNCC(C)C. The van der Waals surface area contributed by atoms with Crippen molar-refractivity contribution in [3.05, 3.63) is 46.5 Å². The van der Waals surface area contributed by atoms with E-state index in [1.165, 1.54) is 0 Å². The standard InChI is InChI=1S/C15H20ClN3/c1-4-11-13(9-17-8-10(2)3)19-15(14(11)16)12-6-5-7-18-12/h5-7,9-10,17-18H,4,8H2,1-3H3. The molecular weight excluding hydrogens is 258 g/mol. The Balaban J connectivity index is 2.25. The number of aromatic nitrogens is 1. The van der Waals surface area contributed by atoms with E-state index >= 15 is 0 Å². The van der Waals surface area contributed by atoms with Crippen molar-refractivity contribution in [1.29, 1.82) is 0 Å². The lowest BCUT2D eigenvalue weighted by atomic mass is 10.1. The summed E-state index contributed by atoms with van der Waals surface area (Å²) in [5.74, 6) is 0.606. The van der Waals surface area contributed by atoms with Crippen LogP contribution in [0.25, 0.3) is 0 Å². The molecule has 3 nitrogen and oxygen atoms in total. The minimum Gasteiger partial charge on any atom is -0.389 e. The Hall–Kier alpha value is -1.48. The Bertz CT molecular complexity index is 522. The van der Waals surface area contributed by atoms with Gasteiger partial charge in [-0.05, 0) is 30.0 Å². The molecule has 0 amide bonds. The van der Waals surface area contributed by atoms with E-state index in [0.29, 0.717) is 5.92 Å². The van der Waals surface area contributed by atoms with Crippen molar-refractivity contribution in [3.63, 3.8) is 0 Å². The summed E-state index contributed by atoms with van der Waals surface area (Å²) in [4.78, 5) is 7.79. The van der Waals surface area contributed by atoms with Crippen molar-refractivity contribution in [2.75, 3.05) is 6.54 Å². The van der Waals surface area contributed by atoms with Gasteiger partial charge in [-0.15, -0.1) is 0 Å². The predicted octanol–water partition coefficient (Wildman–Crippen LogP) is 3.81. The highest BCUT2D eigenvalue weighted by Gasteiger charge is 2.22. The molecule has 4 heteroatoms. The summed E-state index contributed by atoms with van der Waals surface area (Å²) in [6, 6.07) is 3.94. The van der Waals surface area contributed by atoms with Gasteiger partial charge in [0.2, 0.25) is 0 Å². The van der Waals surface area contributed by atoms with Gasteiger partial charge in [-0.1, -0.05) is 32.4 Å². The minimum absolute atomic E-state index is 0.606. The molecule has 2 rings (SSSR count). The van der Waals surface area contributed by atoms with E-state index < -0.39 is 0 Å². The van der Waals surface area contributed by atoms with Gasteiger partial charge in [0.25, 0.3) is 0 Å². The van der Waals surface area contributed by atoms with E-state index in [1.54, 1.807) is 0 Å². The molecular formula is C15H20ClN3. The monoisotopic (exact) mass is 277 g/mol. The molecule has 0 fully saturated rings. The van der Waals surface area contributed by atoms with E-state index in [2.05, 4.69) is 36.1 Å². The highest BCUT2D eigenvalue weighted by atomic mass is 35.5. The van der Waals surface area contributed by atoms with Crippen molar-refractivity contribution < 1.29 is 0 Å². The Morgan fingerprint density at radius 2 is 2.26 bits per heavy atom. The molecule has 0 saturated heterocycles. The Morgan fingerprint density at radius 1 is 1.47 bits per heavy atom. The molecule has 1 aromatic rings. The summed E-state index contributed by atoms with van der Waals surface area (Å²) < 4.78 is 0. The number of halogens is 1. The predicted molar refractivity (Wildman–Crippen MR) is 81.4 cm³/mol. The van der Waals surface area contributed by atoms with Gasteiger partial charge in [-0.25, -0.2) is 4.99 Å². The molecule has 2 heterocycles. The molecule has 1 aliphatic rings. The molecule has 19 heavy (non-hydrogen) atoms. The molecule has 0 radical (unpaired) electrons. The fourth-order valence-electron chi connectivity index (χ4n) is 2.00. The number of nitrogens with one attached hydrogen (secondary N) is 2. The highest BCUT2D eigenvalue weighted by molar-refractivity contribution is 6.47. The number of allylic oxidation sites excluding steroid dienone is 2. The maximum Gasteiger partial charge on any atom is 0.106 e. The van der Waals surface area contributed by atoms with Crippen LogP contribution < -0.4 is 5.32 Å². The zero-order chi connectivity index (χ0) is 13.8. The van der Waals surface area contributed by atoms with Crippen LogP contribution in [0.15, 0.2) is 45.8 Å². The van der Waals surface area contributed by atoms with Crippen molar-refractivity contribution >= 4 is 17.3 Å². The fourth-order valence-corrected chi connectivity index (χ4v) is 2.37. The molecule has 1 aromatic heterocycles. The van der Waals surface area contributed by atoms with E-state index in [-0.39, 0.29) is 0 Å². The summed E-state index contributed by atoms with van der Waals surface area (Å²) in [5.41, 5.74) is 3.84. The van der Waals surface area contributed by atoms with E-state index in [1.807, 2.05) is 24.5 Å². The van der Waals surface area contributed by atoms with Crippen molar-refractivity contribution in [1.82, 2.24) is 10.3 Å². The second-order valence-corrected chi connectivity index (χ2v) is 5.40. The molecule has 102 valence electrons. The molecule has 0 unspecified atom stereocenters. The fraction of sp³-hybridized carbons (Fsp3) is 0.400. The van der Waals surface area contributed by atoms with E-state index in [9.17, 15) is 0 Å². The summed E-state index contributed by atoms with van der Waals surface area (Å²) in [6.45, 7) is 7.39. The second kappa shape index (κ2) is 6.11. The highest BCUT2D eigenvalue weighted by Crippen LogP contribution is 2.32. The van der Waals surface area contributed by atoms with Crippen LogP contribution in [0.4, 0.5) is 0 Å². The van der Waals surface area contributed by atoms with Gasteiger partial charge in [-0.3, -0.25) is 0 Å². The van der Waals surface area contributed by atoms with Gasteiger partial charge in [0.05, 0.1) is 16.4 Å². The number of rotatable bonds is 5. The van der Waals surface area contributed by atoms with Crippen LogP contribution in [0, 0.1) is 5.92 Å². The topological polar surface area (TPSA) is 40.2 Å². The zero-order valence-electron chi connectivity index (χ0n) is 11.6. The average molecular weight is 278 g/mol. The third kappa shape index (κ3) is 3.10. The van der Waals surface area contributed by atoms with E-state index in [4.69, 9.17) is 11.6 Å². The summed E-state index contributed by atoms with van der Waals surface area (Å²) >= 11 is 6.43. The van der Waals surface area contributed by atoms with Crippen molar-refractivity contribution in [3.8, 4) is 0 Å². The molecule has 0 aliphatic carbocycles. The van der Waals surface area contributed by atoms with Gasteiger partial charge in [0, 0.05) is 18.9 Å². The first-order valence-electron chi connectivity index (χ1n) is 6.68.